The van der Waals surface area contributed by atoms with Crippen LogP contribution in [0.2, 0.25) is 0 Å². The van der Waals surface area contributed by atoms with Gasteiger partial charge in [0.25, 0.3) is 5.24 Å². The first-order valence-electron chi connectivity index (χ1n) is 3.44. The molecule has 0 fully saturated rings. The van der Waals surface area contributed by atoms with Gasteiger partial charge in [-0.25, -0.2) is 0 Å². The number of rotatable bonds is 1. The third-order valence-corrected chi connectivity index (χ3v) is 1.59. The zero-order valence-electron chi connectivity index (χ0n) is 6.54. The molecule has 0 spiro atoms. The predicted octanol–water partition coefficient (Wildman–Crippen LogP) is 1.94. The van der Waals surface area contributed by atoms with Gasteiger partial charge in [-0.15, -0.1) is 0 Å². The summed E-state index contributed by atoms with van der Waals surface area (Å²) in [6.45, 7) is 0. The van der Waals surface area contributed by atoms with Crippen LogP contribution in [0.15, 0.2) is 24.3 Å². The maximum absolute atomic E-state index is 10.6. The molecule has 0 aromatic heterocycles. The molecule has 2 nitrogen and oxygen atoms in total. The molecule has 0 heterocycles. The fraction of sp³-hybridized carbons (Fsp3) is 0. The number of benzene rings is 1. The molecule has 0 amide bonds. The van der Waals surface area contributed by atoms with Crippen LogP contribution in [0.4, 0.5) is 0 Å². The van der Waals surface area contributed by atoms with E-state index in [0.29, 0.717) is 11.1 Å². The van der Waals surface area contributed by atoms with Crippen LogP contribution >= 0.6 is 11.6 Å². The number of carbonyl (C=O) groups is 1. The summed E-state index contributed by atoms with van der Waals surface area (Å²) in [7, 11) is 0. The van der Waals surface area contributed by atoms with Crippen LogP contribution in [-0.2, 0) is 0 Å². The molecule has 0 bridgehead atoms. The molecule has 0 aliphatic carbocycles. The van der Waals surface area contributed by atoms with Gasteiger partial charge in [-0.05, 0) is 35.9 Å². The minimum atomic E-state index is -0.500. The molecule has 0 radical (unpaired) electrons. The first kappa shape index (κ1) is 9.32. The summed E-state index contributed by atoms with van der Waals surface area (Å²) >= 11 is 5.23. The summed E-state index contributed by atoms with van der Waals surface area (Å²) < 4.78 is 0. The largest absolute Gasteiger partial charge is 0.276 e. The lowest BCUT2D eigenvalue weighted by atomic mass is 10.1. The van der Waals surface area contributed by atoms with Gasteiger partial charge in [0.15, 0.2) is 6.07 Å². The van der Waals surface area contributed by atoms with E-state index in [1.165, 1.54) is 0 Å². The minimum Gasteiger partial charge on any atom is -0.276 e. The van der Waals surface area contributed by atoms with Crippen LogP contribution in [0.25, 0.3) is 0 Å². The second kappa shape index (κ2) is 4.30. The van der Waals surface area contributed by atoms with Gasteiger partial charge in [0.05, 0.1) is 0 Å². The number of nitriles is 1. The lowest BCUT2D eigenvalue weighted by Crippen LogP contribution is -1.87. The third kappa shape index (κ3) is 2.63. The molecule has 1 aromatic carbocycles. The van der Waals surface area contributed by atoms with Gasteiger partial charge in [0.2, 0.25) is 0 Å². The molecule has 0 saturated carbocycles. The number of hydrogen-bond donors (Lipinski definition) is 0. The van der Waals surface area contributed by atoms with Crippen molar-refractivity contribution >= 4 is 16.8 Å². The Labute approximate surface area is 80.7 Å². The van der Waals surface area contributed by atoms with Crippen molar-refractivity contribution in [1.82, 2.24) is 0 Å². The monoisotopic (exact) mass is 189 g/mol. The van der Waals surface area contributed by atoms with Crippen molar-refractivity contribution < 1.29 is 4.79 Å². The summed E-state index contributed by atoms with van der Waals surface area (Å²) in [4.78, 5) is 10.6. The van der Waals surface area contributed by atoms with E-state index >= 15 is 0 Å². The summed E-state index contributed by atoms with van der Waals surface area (Å²) in [5.41, 5.74) is 1.10. The lowest BCUT2D eigenvalue weighted by molar-refractivity contribution is 0.108. The van der Waals surface area contributed by atoms with Crippen molar-refractivity contribution in [2.45, 2.75) is 0 Å². The Morgan fingerprint density at radius 3 is 2.38 bits per heavy atom. The van der Waals surface area contributed by atoms with Crippen molar-refractivity contribution in [2.24, 2.45) is 0 Å². The molecular formula is C10H4ClNO. The molecule has 3 heteroatoms. The molecule has 0 unspecified atom stereocenters. The maximum Gasteiger partial charge on any atom is 0.252 e. The number of nitrogens with zero attached hydrogens (tertiary/aromatic N) is 1. The van der Waals surface area contributed by atoms with Crippen LogP contribution in [0.3, 0.4) is 0 Å². The SMILES string of the molecule is N#CC#Cc1ccc(C(=O)Cl)cc1. The molecule has 0 saturated heterocycles. The number of hydrogen-bond acceptors (Lipinski definition) is 2. The standard InChI is InChI=1S/C10H4ClNO/c11-10(13)9-5-3-8(4-6-9)2-1-7-12/h3-6H. The fourth-order valence-corrected chi connectivity index (χ4v) is 0.911. The topological polar surface area (TPSA) is 40.9 Å². The molecule has 13 heavy (non-hydrogen) atoms. The van der Waals surface area contributed by atoms with E-state index in [1.54, 1.807) is 30.3 Å². The Bertz CT molecular complexity index is 417. The normalized spacial score (nSPS) is 8.00. The molecular weight excluding hydrogens is 186 g/mol. The minimum absolute atomic E-state index is 0.421. The summed E-state index contributed by atoms with van der Waals surface area (Å²) in [6.07, 6.45) is 0. The smallest absolute Gasteiger partial charge is 0.252 e. The first-order chi connectivity index (χ1) is 6.24. The van der Waals surface area contributed by atoms with Crippen LogP contribution < -0.4 is 0 Å². The Balaban J connectivity index is 2.95. The van der Waals surface area contributed by atoms with Crippen molar-refractivity contribution in [1.29, 1.82) is 5.26 Å². The van der Waals surface area contributed by atoms with E-state index in [9.17, 15) is 4.79 Å². The summed E-state index contributed by atoms with van der Waals surface area (Å²) in [6, 6.07) is 8.11. The Hall–Kier alpha value is -1.77. The van der Waals surface area contributed by atoms with Crippen LogP contribution in [0.5, 0.6) is 0 Å². The second-order valence-corrected chi connectivity index (χ2v) is 2.56. The van der Waals surface area contributed by atoms with Gasteiger partial charge >= 0.3 is 0 Å². The van der Waals surface area contributed by atoms with E-state index in [2.05, 4.69) is 11.8 Å². The van der Waals surface area contributed by atoms with E-state index < -0.39 is 5.24 Å². The van der Waals surface area contributed by atoms with Gasteiger partial charge in [-0.1, -0.05) is 5.92 Å². The maximum atomic E-state index is 10.6. The van der Waals surface area contributed by atoms with E-state index in [0.717, 1.165) is 0 Å². The third-order valence-electron chi connectivity index (χ3n) is 1.37. The Morgan fingerprint density at radius 2 is 1.92 bits per heavy atom. The zero-order chi connectivity index (χ0) is 9.68. The van der Waals surface area contributed by atoms with Gasteiger partial charge in [0, 0.05) is 17.0 Å². The number of carbonyl (C=O) groups excluding carboxylic acids is 1. The molecule has 0 N–H and O–H groups in total. The zero-order valence-corrected chi connectivity index (χ0v) is 7.30. The van der Waals surface area contributed by atoms with Crippen LogP contribution in [0.1, 0.15) is 15.9 Å². The quantitative estimate of drug-likeness (QED) is 0.501. The molecule has 1 aromatic rings. The second-order valence-electron chi connectivity index (χ2n) is 2.21. The van der Waals surface area contributed by atoms with Crippen molar-refractivity contribution in [3.05, 3.63) is 35.4 Å². The van der Waals surface area contributed by atoms with Gasteiger partial charge in [0.1, 0.15) is 0 Å². The number of halogens is 1. The molecule has 1 rings (SSSR count). The average molecular weight is 190 g/mol. The summed E-state index contributed by atoms with van der Waals surface area (Å²) in [5.74, 6) is 4.85. The molecule has 62 valence electrons. The highest BCUT2D eigenvalue weighted by Gasteiger charge is 1.98. The Morgan fingerprint density at radius 1 is 1.31 bits per heavy atom. The van der Waals surface area contributed by atoms with E-state index in [1.807, 2.05) is 0 Å². The van der Waals surface area contributed by atoms with Gasteiger partial charge in [-0.2, -0.15) is 5.26 Å². The molecule has 0 aliphatic heterocycles. The Kier molecular flexibility index (Phi) is 3.09. The summed E-state index contributed by atoms with van der Waals surface area (Å²) in [5, 5.41) is 7.67. The van der Waals surface area contributed by atoms with Gasteiger partial charge < -0.3 is 0 Å². The van der Waals surface area contributed by atoms with Crippen molar-refractivity contribution in [3.63, 3.8) is 0 Å². The van der Waals surface area contributed by atoms with Crippen LogP contribution in [-0.4, -0.2) is 5.24 Å². The highest BCUT2D eigenvalue weighted by Crippen LogP contribution is 2.05. The highest BCUT2D eigenvalue weighted by molar-refractivity contribution is 6.67. The predicted molar refractivity (Wildman–Crippen MR) is 49.1 cm³/mol. The molecule has 0 atom stereocenters. The van der Waals surface area contributed by atoms with Crippen LogP contribution in [0, 0.1) is 23.2 Å². The average Bonchev–Trinajstić information content (AvgIpc) is 2.15. The van der Waals surface area contributed by atoms with Crippen molar-refractivity contribution in [3.8, 4) is 17.9 Å². The van der Waals surface area contributed by atoms with E-state index in [4.69, 9.17) is 16.9 Å². The molecule has 0 aliphatic rings. The highest BCUT2D eigenvalue weighted by atomic mass is 35.5. The first-order valence-corrected chi connectivity index (χ1v) is 3.82. The van der Waals surface area contributed by atoms with Crippen molar-refractivity contribution in [2.75, 3.05) is 0 Å². The lowest BCUT2D eigenvalue weighted by Gasteiger charge is -1.92. The van der Waals surface area contributed by atoms with Gasteiger partial charge in [-0.3, -0.25) is 4.79 Å². The fourth-order valence-electron chi connectivity index (χ4n) is 0.785. The van der Waals surface area contributed by atoms with E-state index in [-0.39, 0.29) is 0 Å².